The molecule has 0 aliphatic carbocycles. The largest absolute Gasteiger partial charge is 0.519 e. The zero-order valence-electron chi connectivity index (χ0n) is 20.0. The van der Waals surface area contributed by atoms with Crippen molar-refractivity contribution in [3.63, 3.8) is 0 Å². The SMILES string of the molecule is CCCCOC(C)Cc1ccccc1OC(=O)Oc1ccccc1CC(C)OCCCC. The number of carbonyl (C=O) groups excluding carboxylic acids is 1. The minimum absolute atomic E-state index is 0.0391. The lowest BCUT2D eigenvalue weighted by atomic mass is 10.1. The third-order valence-corrected chi connectivity index (χ3v) is 5.15. The molecular formula is C27H38O5. The molecule has 0 N–H and O–H groups in total. The summed E-state index contributed by atoms with van der Waals surface area (Å²) in [7, 11) is 0. The van der Waals surface area contributed by atoms with E-state index in [1.165, 1.54) is 0 Å². The highest BCUT2D eigenvalue weighted by Crippen LogP contribution is 2.24. The van der Waals surface area contributed by atoms with Gasteiger partial charge in [-0.3, -0.25) is 0 Å². The van der Waals surface area contributed by atoms with Crippen LogP contribution in [0.15, 0.2) is 48.5 Å². The zero-order chi connectivity index (χ0) is 23.2. The molecule has 32 heavy (non-hydrogen) atoms. The number of unbranched alkanes of at least 4 members (excludes halogenated alkanes) is 2. The van der Waals surface area contributed by atoms with E-state index in [0.29, 0.717) is 24.3 Å². The number of hydrogen-bond donors (Lipinski definition) is 0. The van der Waals surface area contributed by atoms with Gasteiger partial charge in [0.05, 0.1) is 12.2 Å². The summed E-state index contributed by atoms with van der Waals surface area (Å²) >= 11 is 0. The van der Waals surface area contributed by atoms with Gasteiger partial charge in [-0.15, -0.1) is 0 Å². The Labute approximate surface area is 193 Å². The number of benzene rings is 2. The smallest absolute Gasteiger partial charge is 0.394 e. The van der Waals surface area contributed by atoms with E-state index >= 15 is 0 Å². The van der Waals surface area contributed by atoms with Crippen LogP contribution in [0.3, 0.4) is 0 Å². The van der Waals surface area contributed by atoms with Crippen molar-refractivity contribution in [2.24, 2.45) is 0 Å². The Kier molecular flexibility index (Phi) is 11.8. The molecule has 0 heterocycles. The maximum Gasteiger partial charge on any atom is 0.519 e. The summed E-state index contributed by atoms with van der Waals surface area (Å²) in [5, 5.41) is 0. The van der Waals surface area contributed by atoms with Crippen LogP contribution in [0, 0.1) is 0 Å². The molecule has 0 saturated heterocycles. The van der Waals surface area contributed by atoms with E-state index in [4.69, 9.17) is 18.9 Å². The summed E-state index contributed by atoms with van der Waals surface area (Å²) in [5.74, 6) is 0.995. The molecule has 5 heteroatoms. The lowest BCUT2D eigenvalue weighted by Gasteiger charge is -2.17. The van der Waals surface area contributed by atoms with E-state index in [-0.39, 0.29) is 12.2 Å². The van der Waals surface area contributed by atoms with Crippen molar-refractivity contribution in [1.29, 1.82) is 0 Å². The van der Waals surface area contributed by atoms with E-state index in [2.05, 4.69) is 13.8 Å². The van der Waals surface area contributed by atoms with Crippen molar-refractivity contribution >= 4 is 6.16 Å². The van der Waals surface area contributed by atoms with Crippen LogP contribution < -0.4 is 9.47 Å². The minimum Gasteiger partial charge on any atom is -0.394 e. The van der Waals surface area contributed by atoms with Gasteiger partial charge in [0, 0.05) is 26.1 Å². The van der Waals surface area contributed by atoms with Gasteiger partial charge in [-0.2, -0.15) is 0 Å². The number of rotatable bonds is 14. The molecule has 0 saturated carbocycles. The van der Waals surface area contributed by atoms with Gasteiger partial charge in [0.2, 0.25) is 0 Å². The molecule has 0 radical (unpaired) electrons. The van der Waals surface area contributed by atoms with Crippen LogP contribution >= 0.6 is 0 Å². The van der Waals surface area contributed by atoms with Crippen molar-refractivity contribution in [2.45, 2.75) is 78.4 Å². The highest BCUT2D eigenvalue weighted by molar-refractivity contribution is 5.68. The van der Waals surface area contributed by atoms with Crippen LogP contribution in [0.4, 0.5) is 4.79 Å². The fourth-order valence-corrected chi connectivity index (χ4v) is 3.34. The van der Waals surface area contributed by atoms with Gasteiger partial charge in [-0.05, 0) is 49.9 Å². The predicted octanol–water partition coefficient (Wildman–Crippen LogP) is 6.76. The Hall–Kier alpha value is -2.37. The molecule has 176 valence electrons. The predicted molar refractivity (Wildman–Crippen MR) is 128 cm³/mol. The fourth-order valence-electron chi connectivity index (χ4n) is 3.34. The molecule has 2 unspecified atom stereocenters. The zero-order valence-corrected chi connectivity index (χ0v) is 20.0. The van der Waals surface area contributed by atoms with E-state index in [1.54, 1.807) is 12.1 Å². The Bertz CT molecular complexity index is 739. The molecule has 2 atom stereocenters. The Morgan fingerprint density at radius 3 is 1.53 bits per heavy atom. The average molecular weight is 443 g/mol. The van der Waals surface area contributed by atoms with Gasteiger partial charge in [-0.1, -0.05) is 63.1 Å². The average Bonchev–Trinajstić information content (AvgIpc) is 2.77. The summed E-state index contributed by atoms with van der Waals surface area (Å²) in [5.41, 5.74) is 1.83. The molecule has 2 rings (SSSR count). The van der Waals surface area contributed by atoms with Crippen LogP contribution in [-0.4, -0.2) is 31.6 Å². The molecule has 0 aliphatic rings. The Morgan fingerprint density at radius 2 is 1.12 bits per heavy atom. The third-order valence-electron chi connectivity index (χ3n) is 5.15. The van der Waals surface area contributed by atoms with Gasteiger partial charge in [-0.25, -0.2) is 4.79 Å². The van der Waals surface area contributed by atoms with Crippen molar-refractivity contribution in [3.05, 3.63) is 59.7 Å². The summed E-state index contributed by atoms with van der Waals surface area (Å²) < 4.78 is 22.8. The monoisotopic (exact) mass is 442 g/mol. The third kappa shape index (κ3) is 9.41. The topological polar surface area (TPSA) is 54.0 Å². The first-order valence-corrected chi connectivity index (χ1v) is 11.8. The van der Waals surface area contributed by atoms with Crippen molar-refractivity contribution in [2.75, 3.05) is 13.2 Å². The van der Waals surface area contributed by atoms with Gasteiger partial charge >= 0.3 is 6.16 Å². The maximum atomic E-state index is 12.6. The van der Waals surface area contributed by atoms with Crippen LogP contribution in [-0.2, 0) is 22.3 Å². The van der Waals surface area contributed by atoms with E-state index in [0.717, 1.165) is 50.0 Å². The van der Waals surface area contributed by atoms with Gasteiger partial charge in [0.15, 0.2) is 0 Å². The molecule has 2 aromatic rings. The second-order valence-electron chi connectivity index (χ2n) is 8.15. The van der Waals surface area contributed by atoms with Gasteiger partial charge in [0.1, 0.15) is 11.5 Å². The summed E-state index contributed by atoms with van der Waals surface area (Å²) in [6, 6.07) is 15.0. The first kappa shape index (κ1) is 25.9. The Balaban J connectivity index is 1.97. The van der Waals surface area contributed by atoms with Crippen LogP contribution in [0.25, 0.3) is 0 Å². The lowest BCUT2D eigenvalue weighted by molar-refractivity contribution is 0.0636. The van der Waals surface area contributed by atoms with Gasteiger partial charge < -0.3 is 18.9 Å². The number of carbonyl (C=O) groups is 1. The molecule has 5 nitrogen and oxygen atoms in total. The van der Waals surface area contributed by atoms with Crippen LogP contribution in [0.2, 0.25) is 0 Å². The highest BCUT2D eigenvalue weighted by atomic mass is 16.7. The molecule has 0 aromatic heterocycles. The Morgan fingerprint density at radius 1 is 0.719 bits per heavy atom. The molecular weight excluding hydrogens is 404 g/mol. The maximum absolute atomic E-state index is 12.6. The van der Waals surface area contributed by atoms with Crippen molar-refractivity contribution in [1.82, 2.24) is 0 Å². The molecule has 2 aromatic carbocycles. The molecule has 0 fully saturated rings. The van der Waals surface area contributed by atoms with Crippen LogP contribution in [0.1, 0.15) is 64.5 Å². The summed E-state index contributed by atoms with van der Waals surface area (Å²) in [4.78, 5) is 12.6. The number of ether oxygens (including phenoxy) is 4. The summed E-state index contributed by atoms with van der Waals surface area (Å²) in [6.07, 6.45) is 4.94. The first-order chi connectivity index (χ1) is 15.5. The van der Waals surface area contributed by atoms with E-state index < -0.39 is 6.16 Å². The number of para-hydroxylation sites is 2. The first-order valence-electron chi connectivity index (χ1n) is 11.8. The molecule has 0 bridgehead atoms. The molecule has 0 aliphatic heterocycles. The highest BCUT2D eigenvalue weighted by Gasteiger charge is 2.16. The fraction of sp³-hybridized carbons (Fsp3) is 0.519. The normalized spacial score (nSPS) is 12.9. The van der Waals surface area contributed by atoms with E-state index in [9.17, 15) is 4.79 Å². The molecule has 0 spiro atoms. The standard InChI is InChI=1S/C27H38O5/c1-5-7-17-29-21(3)19-23-13-9-11-15-25(23)31-27(28)32-26-16-12-10-14-24(26)20-22(4)30-18-8-6-2/h9-16,21-22H,5-8,17-20H2,1-4H3. The quantitative estimate of drug-likeness (QED) is 0.184. The van der Waals surface area contributed by atoms with Crippen molar-refractivity contribution in [3.8, 4) is 11.5 Å². The number of hydrogen-bond acceptors (Lipinski definition) is 5. The van der Waals surface area contributed by atoms with Gasteiger partial charge in [0.25, 0.3) is 0 Å². The molecule has 0 amide bonds. The second-order valence-corrected chi connectivity index (χ2v) is 8.15. The lowest BCUT2D eigenvalue weighted by Crippen LogP contribution is -2.18. The second kappa shape index (κ2) is 14.6. The minimum atomic E-state index is -0.746. The van der Waals surface area contributed by atoms with E-state index in [1.807, 2.05) is 50.2 Å². The summed E-state index contributed by atoms with van der Waals surface area (Å²) in [6.45, 7) is 9.82. The van der Waals surface area contributed by atoms with Crippen LogP contribution in [0.5, 0.6) is 11.5 Å². The van der Waals surface area contributed by atoms with Crippen molar-refractivity contribution < 1.29 is 23.7 Å².